The number of H-pyrrole nitrogens is 1. The molecule has 0 aliphatic heterocycles. The average Bonchev–Trinajstić information content (AvgIpc) is 3.37. The van der Waals surface area contributed by atoms with Gasteiger partial charge in [-0.3, -0.25) is 30.1 Å². The quantitative estimate of drug-likeness (QED) is 0.456. The van der Waals surface area contributed by atoms with E-state index in [1.165, 1.54) is 35.3 Å². The van der Waals surface area contributed by atoms with E-state index >= 15 is 0 Å². The number of nitrogens with zero attached hydrogens (tertiary/aromatic N) is 2. The number of hydrogen-bond acceptors (Lipinski definition) is 5. The first-order chi connectivity index (χ1) is 13.5. The molecule has 0 radical (unpaired) electrons. The van der Waals surface area contributed by atoms with E-state index in [0.717, 1.165) is 0 Å². The molecule has 3 N–H and O–H groups in total. The van der Waals surface area contributed by atoms with Crippen molar-refractivity contribution < 1.29 is 14.4 Å². The zero-order valence-corrected chi connectivity index (χ0v) is 15.7. The highest BCUT2D eigenvalue weighted by Gasteiger charge is 2.17. The molecular formula is C19H17N5O3S. The van der Waals surface area contributed by atoms with Crippen LogP contribution in [-0.4, -0.2) is 27.7 Å². The number of rotatable bonds is 5. The molecule has 0 spiro atoms. The first-order valence-electron chi connectivity index (χ1n) is 8.27. The molecule has 0 saturated carbocycles. The zero-order chi connectivity index (χ0) is 19.9. The maximum atomic E-state index is 12.0. The number of nitrogens with one attached hydrogen (secondary N) is 3. The molecule has 0 aliphatic rings. The van der Waals surface area contributed by atoms with Gasteiger partial charge >= 0.3 is 0 Å². The van der Waals surface area contributed by atoms with E-state index in [1.54, 1.807) is 23.7 Å². The Bertz CT molecular complexity index is 996. The Labute approximate surface area is 164 Å². The fourth-order valence-electron chi connectivity index (χ4n) is 2.32. The monoisotopic (exact) mass is 395 g/mol. The fraction of sp³-hybridized carbons (Fsp3) is 0.0526. The van der Waals surface area contributed by atoms with Crippen LogP contribution in [0.25, 0.3) is 6.08 Å². The van der Waals surface area contributed by atoms with Crippen molar-refractivity contribution in [2.24, 2.45) is 0 Å². The number of carbonyl (C=O) groups excluding carboxylic acids is 3. The van der Waals surface area contributed by atoms with Crippen LogP contribution in [0.1, 0.15) is 23.1 Å². The van der Waals surface area contributed by atoms with Crippen LogP contribution in [-0.2, 0) is 9.59 Å². The second-order valence-electron chi connectivity index (χ2n) is 5.61. The number of hydrogen-bond donors (Lipinski definition) is 3. The lowest BCUT2D eigenvalue weighted by atomic mass is 10.3. The fourth-order valence-corrected chi connectivity index (χ4v) is 3.17. The molecule has 8 nitrogen and oxygen atoms in total. The number of amides is 3. The maximum Gasteiger partial charge on any atom is 0.286 e. The number of hydrazine groups is 1. The molecule has 2 heterocycles. The summed E-state index contributed by atoms with van der Waals surface area (Å²) in [5.41, 5.74) is 6.14. The highest BCUT2D eigenvalue weighted by molar-refractivity contribution is 7.14. The van der Waals surface area contributed by atoms with Crippen LogP contribution in [0.4, 0.5) is 10.8 Å². The van der Waals surface area contributed by atoms with Gasteiger partial charge in [0.15, 0.2) is 5.13 Å². The number of carbonyl (C=O) groups is 3. The molecule has 3 rings (SSSR count). The van der Waals surface area contributed by atoms with Gasteiger partial charge in [0, 0.05) is 24.6 Å². The summed E-state index contributed by atoms with van der Waals surface area (Å²) >= 11 is 1.29. The minimum absolute atomic E-state index is 0.166. The topological polar surface area (TPSA) is 107 Å². The molecule has 0 atom stereocenters. The number of thiazole rings is 1. The van der Waals surface area contributed by atoms with E-state index in [0.29, 0.717) is 22.2 Å². The average molecular weight is 395 g/mol. The Hall–Kier alpha value is -3.72. The van der Waals surface area contributed by atoms with E-state index in [1.807, 2.05) is 30.3 Å². The lowest BCUT2D eigenvalue weighted by Crippen LogP contribution is -2.40. The normalized spacial score (nSPS) is 10.6. The summed E-state index contributed by atoms with van der Waals surface area (Å²) < 4.78 is 0. The molecule has 3 amide bonds. The molecule has 142 valence electrons. The van der Waals surface area contributed by atoms with Crippen molar-refractivity contribution in [1.29, 1.82) is 0 Å². The summed E-state index contributed by atoms with van der Waals surface area (Å²) in [4.78, 5) is 44.2. The lowest BCUT2D eigenvalue weighted by Gasteiger charge is -2.17. The maximum absolute atomic E-state index is 12.0. The number of para-hydroxylation sites is 1. The minimum Gasteiger partial charge on any atom is -0.357 e. The van der Waals surface area contributed by atoms with Crippen LogP contribution in [0.3, 0.4) is 0 Å². The van der Waals surface area contributed by atoms with E-state index in [-0.39, 0.29) is 5.91 Å². The van der Waals surface area contributed by atoms with Crippen LogP contribution < -0.4 is 15.8 Å². The second-order valence-corrected chi connectivity index (χ2v) is 6.44. The van der Waals surface area contributed by atoms with E-state index < -0.39 is 11.8 Å². The largest absolute Gasteiger partial charge is 0.357 e. The van der Waals surface area contributed by atoms with Crippen LogP contribution in [0.15, 0.2) is 60.1 Å². The van der Waals surface area contributed by atoms with Crippen molar-refractivity contribution in [3.63, 3.8) is 0 Å². The van der Waals surface area contributed by atoms with Crippen molar-refractivity contribution in [3.8, 4) is 0 Å². The number of anilines is 2. The van der Waals surface area contributed by atoms with Crippen LogP contribution >= 0.6 is 11.3 Å². The third-order valence-corrected chi connectivity index (χ3v) is 4.42. The van der Waals surface area contributed by atoms with E-state index in [2.05, 4.69) is 20.8 Å². The molecule has 3 aromatic rings. The Kier molecular flexibility index (Phi) is 5.97. The summed E-state index contributed by atoms with van der Waals surface area (Å²) in [6.07, 6.45) is 4.35. The first-order valence-corrected chi connectivity index (χ1v) is 9.15. The van der Waals surface area contributed by atoms with Gasteiger partial charge < -0.3 is 4.98 Å². The number of aromatic amines is 1. The van der Waals surface area contributed by atoms with Crippen LogP contribution in [0, 0.1) is 0 Å². The van der Waals surface area contributed by atoms with Gasteiger partial charge in [-0.25, -0.2) is 4.98 Å². The Balaban J connectivity index is 1.62. The van der Waals surface area contributed by atoms with Gasteiger partial charge in [-0.1, -0.05) is 18.2 Å². The Morgan fingerprint density at radius 2 is 1.89 bits per heavy atom. The van der Waals surface area contributed by atoms with Gasteiger partial charge in [0.25, 0.3) is 11.8 Å². The highest BCUT2D eigenvalue weighted by Crippen LogP contribution is 2.28. The first kappa shape index (κ1) is 19.1. The van der Waals surface area contributed by atoms with Gasteiger partial charge in [0.05, 0.1) is 11.4 Å². The van der Waals surface area contributed by atoms with E-state index in [4.69, 9.17) is 0 Å². The number of benzene rings is 1. The van der Waals surface area contributed by atoms with Crippen molar-refractivity contribution in [2.75, 3.05) is 4.90 Å². The molecule has 1 aromatic carbocycles. The summed E-state index contributed by atoms with van der Waals surface area (Å²) in [5.74, 6) is -1.13. The minimum atomic E-state index is -0.513. The zero-order valence-electron chi connectivity index (χ0n) is 14.9. The van der Waals surface area contributed by atoms with Crippen LogP contribution in [0.2, 0.25) is 0 Å². The molecule has 28 heavy (non-hydrogen) atoms. The molecule has 0 bridgehead atoms. The van der Waals surface area contributed by atoms with Crippen LogP contribution in [0.5, 0.6) is 0 Å². The van der Waals surface area contributed by atoms with Gasteiger partial charge in [0.1, 0.15) is 5.69 Å². The van der Waals surface area contributed by atoms with E-state index in [9.17, 15) is 14.4 Å². The van der Waals surface area contributed by atoms with Gasteiger partial charge in [-0.15, -0.1) is 11.3 Å². The van der Waals surface area contributed by atoms with Crippen molar-refractivity contribution >= 4 is 46.0 Å². The standard InChI is InChI=1S/C19H17N5O3S/c1-13(25)24(15-6-3-2-4-7-15)19-21-14(12-28-19)9-10-17(26)22-23-18(27)16-8-5-11-20-16/h2-12,20H,1H3,(H,22,26)(H,23,27)/b10-9+. The predicted molar refractivity (Wildman–Crippen MR) is 107 cm³/mol. The van der Waals surface area contributed by atoms with Gasteiger partial charge in [0.2, 0.25) is 5.91 Å². The van der Waals surface area contributed by atoms with Gasteiger partial charge in [-0.05, 0) is 30.3 Å². The molecule has 2 aromatic heterocycles. The molecule has 0 unspecified atom stereocenters. The smallest absolute Gasteiger partial charge is 0.286 e. The molecule has 0 aliphatic carbocycles. The van der Waals surface area contributed by atoms with Crippen molar-refractivity contribution in [3.05, 3.63) is 71.5 Å². The SMILES string of the molecule is CC(=O)N(c1ccccc1)c1nc(/C=C/C(=O)NNC(=O)c2ccc[nH]2)cs1. The van der Waals surface area contributed by atoms with Crippen molar-refractivity contribution in [2.45, 2.75) is 6.92 Å². The predicted octanol–water partition coefficient (Wildman–Crippen LogP) is 2.63. The Morgan fingerprint density at radius 3 is 2.57 bits per heavy atom. The van der Waals surface area contributed by atoms with Gasteiger partial charge in [-0.2, -0.15) is 0 Å². The summed E-state index contributed by atoms with van der Waals surface area (Å²) in [7, 11) is 0. The summed E-state index contributed by atoms with van der Waals surface area (Å²) in [6, 6.07) is 12.4. The molecular weight excluding hydrogens is 378 g/mol. The molecule has 9 heteroatoms. The highest BCUT2D eigenvalue weighted by atomic mass is 32.1. The molecule has 0 saturated heterocycles. The third-order valence-electron chi connectivity index (χ3n) is 3.58. The lowest BCUT2D eigenvalue weighted by molar-refractivity contribution is -0.117. The third kappa shape index (κ3) is 4.71. The summed E-state index contributed by atoms with van der Waals surface area (Å²) in [6.45, 7) is 1.46. The number of aromatic nitrogens is 2. The van der Waals surface area contributed by atoms with Crippen molar-refractivity contribution in [1.82, 2.24) is 20.8 Å². The Morgan fingerprint density at radius 1 is 1.11 bits per heavy atom. The summed E-state index contributed by atoms with van der Waals surface area (Å²) in [5, 5.41) is 2.23. The molecule has 0 fully saturated rings. The second kappa shape index (κ2) is 8.78.